The van der Waals surface area contributed by atoms with Crippen molar-refractivity contribution in [1.29, 1.82) is 0 Å². The van der Waals surface area contributed by atoms with Crippen LogP contribution in [0.2, 0.25) is 0 Å². The fourth-order valence-corrected chi connectivity index (χ4v) is 3.58. The molecule has 0 spiro atoms. The molecule has 0 aromatic heterocycles. The molecule has 26 heavy (non-hydrogen) atoms. The molecular weight excluding hydrogens is 336 g/mol. The van der Waals surface area contributed by atoms with E-state index in [2.05, 4.69) is 0 Å². The van der Waals surface area contributed by atoms with E-state index in [-0.39, 0.29) is 18.1 Å². The van der Waals surface area contributed by atoms with Crippen LogP contribution in [0.15, 0.2) is 24.3 Å². The van der Waals surface area contributed by atoms with Gasteiger partial charge < -0.3 is 19.5 Å². The first kappa shape index (κ1) is 18.5. The Morgan fingerprint density at radius 3 is 2.81 bits per heavy atom. The zero-order chi connectivity index (χ0) is 18.7. The number of benzene rings is 1. The number of rotatable bonds is 5. The first-order valence-electron chi connectivity index (χ1n) is 9.06. The van der Waals surface area contributed by atoms with Crippen LogP contribution in [0.5, 0.6) is 11.5 Å². The monoisotopic (exact) mass is 362 g/mol. The maximum absolute atomic E-state index is 12.8. The van der Waals surface area contributed by atoms with Gasteiger partial charge in [0.15, 0.2) is 17.6 Å². The van der Waals surface area contributed by atoms with Crippen LogP contribution >= 0.6 is 0 Å². The summed E-state index contributed by atoms with van der Waals surface area (Å²) in [5.74, 6) is 0.209. The largest absolute Gasteiger partial charge is 0.486 e. The molecule has 2 aliphatic rings. The summed E-state index contributed by atoms with van der Waals surface area (Å²) in [6.45, 7) is 3.84. The summed E-state index contributed by atoms with van der Waals surface area (Å²) in [5, 5.41) is 9.23. The van der Waals surface area contributed by atoms with E-state index in [1.54, 1.807) is 11.9 Å². The van der Waals surface area contributed by atoms with Gasteiger partial charge in [-0.25, -0.2) is 0 Å². The van der Waals surface area contributed by atoms with Gasteiger partial charge in [-0.05, 0) is 38.4 Å². The molecule has 0 aliphatic carbocycles. The molecule has 3 atom stereocenters. The van der Waals surface area contributed by atoms with E-state index in [0.717, 1.165) is 18.7 Å². The molecule has 1 aromatic rings. The number of likely N-dealkylation sites (N-methyl/N-ethyl adjacent to an activating group) is 1. The molecule has 142 valence electrons. The Balaban J connectivity index is 1.55. The summed E-state index contributed by atoms with van der Waals surface area (Å²) in [4.78, 5) is 27.6. The molecule has 3 rings (SSSR count). The number of carboxylic acids is 1. The minimum Gasteiger partial charge on any atom is -0.486 e. The summed E-state index contributed by atoms with van der Waals surface area (Å²) in [6, 6.07) is 7.14. The predicted molar refractivity (Wildman–Crippen MR) is 95.4 cm³/mol. The van der Waals surface area contributed by atoms with E-state index in [1.807, 2.05) is 36.1 Å². The molecule has 2 aliphatic heterocycles. The Morgan fingerprint density at radius 2 is 2.08 bits per heavy atom. The molecule has 0 radical (unpaired) electrons. The van der Waals surface area contributed by atoms with Crippen LogP contribution in [0.1, 0.15) is 19.8 Å². The number of para-hydroxylation sites is 2. The molecule has 1 aromatic carbocycles. The summed E-state index contributed by atoms with van der Waals surface area (Å²) < 4.78 is 11.6. The number of nitrogens with zero attached hydrogens (tertiary/aromatic N) is 2. The molecule has 0 saturated carbocycles. The fourth-order valence-electron chi connectivity index (χ4n) is 3.58. The molecular formula is C19H26N2O5. The third-order valence-electron chi connectivity index (χ3n) is 5.13. The van der Waals surface area contributed by atoms with Gasteiger partial charge >= 0.3 is 5.97 Å². The third-order valence-corrected chi connectivity index (χ3v) is 5.13. The van der Waals surface area contributed by atoms with Gasteiger partial charge in [0.2, 0.25) is 5.91 Å². The van der Waals surface area contributed by atoms with Crippen molar-refractivity contribution in [2.45, 2.75) is 31.9 Å². The first-order valence-corrected chi connectivity index (χ1v) is 9.06. The number of likely N-dealkylation sites (tertiary alicyclic amines) is 1. The van der Waals surface area contributed by atoms with Gasteiger partial charge in [0.1, 0.15) is 6.61 Å². The predicted octanol–water partition coefficient (Wildman–Crippen LogP) is 1.47. The highest BCUT2D eigenvalue weighted by atomic mass is 16.6. The Bertz CT molecular complexity index is 665. The Labute approximate surface area is 153 Å². The molecule has 7 nitrogen and oxygen atoms in total. The maximum atomic E-state index is 12.8. The summed E-state index contributed by atoms with van der Waals surface area (Å²) >= 11 is 0. The lowest BCUT2D eigenvalue weighted by molar-refractivity contribution is -0.146. The number of hydrogen-bond donors (Lipinski definition) is 1. The van der Waals surface area contributed by atoms with E-state index < -0.39 is 11.9 Å². The van der Waals surface area contributed by atoms with Crippen molar-refractivity contribution in [2.75, 3.05) is 33.3 Å². The molecule has 1 amide bonds. The fraction of sp³-hybridized carbons (Fsp3) is 0.579. The molecule has 1 saturated heterocycles. The normalized spacial score (nSPS) is 23.9. The number of piperidine rings is 1. The zero-order valence-electron chi connectivity index (χ0n) is 15.3. The van der Waals surface area contributed by atoms with E-state index >= 15 is 0 Å². The Hall–Kier alpha value is -2.28. The molecule has 1 N–H and O–H groups in total. The minimum absolute atomic E-state index is 0.0292. The van der Waals surface area contributed by atoms with Crippen LogP contribution in [-0.4, -0.2) is 72.2 Å². The number of fused-ring (bicyclic) bond motifs is 1. The van der Waals surface area contributed by atoms with E-state index in [0.29, 0.717) is 31.9 Å². The minimum atomic E-state index is -0.783. The van der Waals surface area contributed by atoms with Crippen molar-refractivity contribution in [3.63, 3.8) is 0 Å². The van der Waals surface area contributed by atoms with Crippen LogP contribution in [0, 0.1) is 5.92 Å². The Morgan fingerprint density at radius 1 is 1.35 bits per heavy atom. The van der Waals surface area contributed by atoms with Gasteiger partial charge in [0, 0.05) is 13.6 Å². The maximum Gasteiger partial charge on any atom is 0.307 e. The van der Waals surface area contributed by atoms with Gasteiger partial charge in [0.25, 0.3) is 0 Å². The number of hydrogen-bond acceptors (Lipinski definition) is 5. The number of amides is 1. The summed E-state index contributed by atoms with van der Waals surface area (Å²) in [6.07, 6.45) is 1.25. The highest BCUT2D eigenvalue weighted by molar-refractivity contribution is 5.81. The van der Waals surface area contributed by atoms with Gasteiger partial charge in [-0.2, -0.15) is 0 Å². The second-order valence-electron chi connectivity index (χ2n) is 7.06. The average Bonchev–Trinajstić information content (AvgIpc) is 2.66. The van der Waals surface area contributed by atoms with Crippen LogP contribution in [0.25, 0.3) is 0 Å². The second kappa shape index (κ2) is 7.95. The third kappa shape index (κ3) is 4.09. The van der Waals surface area contributed by atoms with Crippen LogP contribution < -0.4 is 9.47 Å². The van der Waals surface area contributed by atoms with Crippen molar-refractivity contribution in [1.82, 2.24) is 9.80 Å². The van der Waals surface area contributed by atoms with Crippen molar-refractivity contribution in [2.24, 2.45) is 5.92 Å². The standard InChI is InChI=1S/C19H26N2O5/c1-13(21-9-5-6-14(10-21)19(23)24)18(22)20(2)11-15-12-25-16-7-3-4-8-17(16)26-15/h3-4,7-8,13-15H,5-6,9-12H2,1-2H3,(H,23,24). The van der Waals surface area contributed by atoms with Crippen molar-refractivity contribution in [3.05, 3.63) is 24.3 Å². The lowest BCUT2D eigenvalue weighted by Crippen LogP contribution is -2.52. The van der Waals surface area contributed by atoms with Gasteiger partial charge in [-0.3, -0.25) is 14.5 Å². The zero-order valence-corrected chi connectivity index (χ0v) is 15.3. The van der Waals surface area contributed by atoms with Gasteiger partial charge in [0.05, 0.1) is 18.5 Å². The average molecular weight is 362 g/mol. The molecule has 7 heteroatoms. The lowest BCUT2D eigenvalue weighted by atomic mass is 9.97. The highest BCUT2D eigenvalue weighted by Gasteiger charge is 2.33. The number of aliphatic carboxylic acids is 1. The lowest BCUT2D eigenvalue weighted by Gasteiger charge is -2.37. The van der Waals surface area contributed by atoms with Crippen LogP contribution in [0.4, 0.5) is 0 Å². The summed E-state index contributed by atoms with van der Waals surface area (Å²) in [5.41, 5.74) is 0. The molecule has 1 fully saturated rings. The van der Waals surface area contributed by atoms with E-state index in [4.69, 9.17) is 9.47 Å². The van der Waals surface area contributed by atoms with Crippen molar-refractivity contribution in [3.8, 4) is 11.5 Å². The smallest absolute Gasteiger partial charge is 0.307 e. The molecule has 2 heterocycles. The number of carbonyl (C=O) groups is 2. The Kier molecular flexibility index (Phi) is 5.66. The first-order chi connectivity index (χ1) is 12.5. The van der Waals surface area contributed by atoms with Crippen molar-refractivity contribution >= 4 is 11.9 Å². The van der Waals surface area contributed by atoms with Crippen LogP contribution in [-0.2, 0) is 9.59 Å². The highest BCUT2D eigenvalue weighted by Crippen LogP contribution is 2.31. The second-order valence-corrected chi connectivity index (χ2v) is 7.06. The van der Waals surface area contributed by atoms with E-state index in [1.165, 1.54) is 0 Å². The topological polar surface area (TPSA) is 79.3 Å². The number of carbonyl (C=O) groups excluding carboxylic acids is 1. The number of ether oxygens (including phenoxy) is 2. The summed E-state index contributed by atoms with van der Waals surface area (Å²) in [7, 11) is 1.75. The van der Waals surface area contributed by atoms with Gasteiger partial charge in [-0.15, -0.1) is 0 Å². The van der Waals surface area contributed by atoms with Gasteiger partial charge in [-0.1, -0.05) is 12.1 Å². The van der Waals surface area contributed by atoms with Crippen LogP contribution in [0.3, 0.4) is 0 Å². The quantitative estimate of drug-likeness (QED) is 0.855. The number of carboxylic acid groups (broad SMARTS) is 1. The SMILES string of the molecule is CC(C(=O)N(C)CC1COc2ccccc2O1)N1CCCC(C(=O)O)C1. The van der Waals surface area contributed by atoms with Crippen molar-refractivity contribution < 1.29 is 24.2 Å². The molecule has 3 unspecified atom stereocenters. The molecule has 0 bridgehead atoms. The van der Waals surface area contributed by atoms with E-state index in [9.17, 15) is 14.7 Å².